The number of rotatable bonds is 3. The quantitative estimate of drug-likeness (QED) is 0.852. The number of methoxy groups -OCH3 is 2. The molecule has 82 valence electrons. The summed E-state index contributed by atoms with van der Waals surface area (Å²) in [6, 6.07) is 6.18. The Labute approximate surface area is 93.9 Å². The molecular weight excluding hydrogens is 210 g/mol. The molecule has 1 aliphatic rings. The van der Waals surface area contributed by atoms with Crippen LogP contribution in [-0.4, -0.2) is 26.0 Å². The van der Waals surface area contributed by atoms with Crippen molar-refractivity contribution in [3.63, 3.8) is 0 Å². The van der Waals surface area contributed by atoms with Crippen molar-refractivity contribution in [1.82, 2.24) is 0 Å². The standard InChI is InChI=1S/C11H15NO2S/c1-13-8-3-7(4-9(5-8)14-2)11-10(12)6-15-11/h3-5,10-11H,6,12H2,1-2H3. The molecule has 1 aromatic carbocycles. The lowest BCUT2D eigenvalue weighted by atomic mass is 10.1. The van der Waals surface area contributed by atoms with Gasteiger partial charge in [-0.2, -0.15) is 11.8 Å². The Bertz CT molecular complexity index is 334. The Balaban J connectivity index is 2.29. The first kappa shape index (κ1) is 10.6. The summed E-state index contributed by atoms with van der Waals surface area (Å²) in [5.74, 6) is 2.68. The van der Waals surface area contributed by atoms with E-state index in [1.807, 2.05) is 30.0 Å². The molecule has 0 bridgehead atoms. The van der Waals surface area contributed by atoms with Crippen LogP contribution in [0.3, 0.4) is 0 Å². The summed E-state index contributed by atoms with van der Waals surface area (Å²) >= 11 is 1.87. The van der Waals surface area contributed by atoms with Gasteiger partial charge in [0.25, 0.3) is 0 Å². The first-order valence-corrected chi connectivity index (χ1v) is 5.89. The van der Waals surface area contributed by atoms with Crippen molar-refractivity contribution in [2.45, 2.75) is 11.3 Å². The normalized spacial score (nSPS) is 24.5. The molecule has 15 heavy (non-hydrogen) atoms. The number of benzene rings is 1. The van der Waals surface area contributed by atoms with Gasteiger partial charge < -0.3 is 15.2 Å². The van der Waals surface area contributed by atoms with Crippen LogP contribution in [0.1, 0.15) is 10.8 Å². The van der Waals surface area contributed by atoms with Gasteiger partial charge in [-0.15, -0.1) is 0 Å². The van der Waals surface area contributed by atoms with E-state index in [0.717, 1.165) is 17.3 Å². The van der Waals surface area contributed by atoms with Crippen LogP contribution >= 0.6 is 11.8 Å². The highest BCUT2D eigenvalue weighted by atomic mass is 32.2. The smallest absolute Gasteiger partial charge is 0.122 e. The van der Waals surface area contributed by atoms with Gasteiger partial charge in [-0.05, 0) is 17.7 Å². The van der Waals surface area contributed by atoms with E-state index in [1.165, 1.54) is 5.56 Å². The van der Waals surface area contributed by atoms with E-state index in [1.54, 1.807) is 14.2 Å². The van der Waals surface area contributed by atoms with Crippen LogP contribution in [0.2, 0.25) is 0 Å². The lowest BCUT2D eigenvalue weighted by Gasteiger charge is -2.33. The van der Waals surface area contributed by atoms with Gasteiger partial charge in [0.1, 0.15) is 11.5 Å². The maximum atomic E-state index is 5.94. The van der Waals surface area contributed by atoms with Gasteiger partial charge in [-0.3, -0.25) is 0 Å². The van der Waals surface area contributed by atoms with Crippen molar-refractivity contribution in [2.24, 2.45) is 5.73 Å². The summed E-state index contributed by atoms with van der Waals surface area (Å²) in [7, 11) is 3.32. The van der Waals surface area contributed by atoms with Crippen LogP contribution in [0.5, 0.6) is 11.5 Å². The maximum Gasteiger partial charge on any atom is 0.122 e. The molecule has 0 amide bonds. The minimum Gasteiger partial charge on any atom is -0.497 e. The molecule has 1 heterocycles. The van der Waals surface area contributed by atoms with E-state index in [0.29, 0.717) is 5.25 Å². The Morgan fingerprint density at radius 3 is 2.13 bits per heavy atom. The molecule has 0 aliphatic carbocycles. The van der Waals surface area contributed by atoms with Crippen molar-refractivity contribution in [1.29, 1.82) is 0 Å². The minimum absolute atomic E-state index is 0.256. The molecular formula is C11H15NO2S. The zero-order chi connectivity index (χ0) is 10.8. The van der Waals surface area contributed by atoms with Crippen LogP contribution in [0.25, 0.3) is 0 Å². The second-order valence-electron chi connectivity index (χ2n) is 3.56. The molecule has 1 aliphatic heterocycles. The highest BCUT2D eigenvalue weighted by Crippen LogP contribution is 2.43. The van der Waals surface area contributed by atoms with Crippen molar-refractivity contribution in [3.05, 3.63) is 23.8 Å². The van der Waals surface area contributed by atoms with E-state index < -0.39 is 0 Å². The largest absolute Gasteiger partial charge is 0.497 e. The Morgan fingerprint density at radius 1 is 1.20 bits per heavy atom. The highest BCUT2D eigenvalue weighted by Gasteiger charge is 2.30. The summed E-state index contributed by atoms with van der Waals surface area (Å²) in [5, 5.41) is 0.383. The Kier molecular flexibility index (Phi) is 3.07. The second-order valence-corrected chi connectivity index (χ2v) is 4.74. The lowest BCUT2D eigenvalue weighted by Crippen LogP contribution is -2.37. The molecule has 0 saturated carbocycles. The average Bonchev–Trinajstić information content (AvgIpc) is 2.26. The highest BCUT2D eigenvalue weighted by molar-refractivity contribution is 8.01. The van der Waals surface area contributed by atoms with Gasteiger partial charge in [0.05, 0.1) is 14.2 Å². The van der Waals surface area contributed by atoms with Crippen molar-refractivity contribution in [3.8, 4) is 11.5 Å². The SMILES string of the molecule is COc1cc(OC)cc(C2SCC2N)c1. The van der Waals surface area contributed by atoms with Crippen LogP contribution in [0, 0.1) is 0 Å². The Morgan fingerprint density at radius 2 is 1.80 bits per heavy atom. The van der Waals surface area contributed by atoms with Crippen molar-refractivity contribution >= 4 is 11.8 Å². The van der Waals surface area contributed by atoms with Gasteiger partial charge >= 0.3 is 0 Å². The molecule has 4 heteroatoms. The number of ether oxygens (including phenoxy) is 2. The molecule has 0 aromatic heterocycles. The number of hydrogen-bond donors (Lipinski definition) is 1. The summed E-state index contributed by atoms with van der Waals surface area (Å²) in [6.07, 6.45) is 0. The topological polar surface area (TPSA) is 44.5 Å². The zero-order valence-electron chi connectivity index (χ0n) is 8.90. The first-order valence-electron chi connectivity index (χ1n) is 4.84. The van der Waals surface area contributed by atoms with Gasteiger partial charge in [-0.25, -0.2) is 0 Å². The molecule has 1 fully saturated rings. The first-order chi connectivity index (χ1) is 7.24. The van der Waals surface area contributed by atoms with E-state index in [2.05, 4.69) is 0 Å². The molecule has 1 aromatic rings. The molecule has 0 radical (unpaired) electrons. The third-order valence-corrected chi connectivity index (χ3v) is 4.12. The molecule has 2 unspecified atom stereocenters. The molecule has 3 nitrogen and oxygen atoms in total. The van der Waals surface area contributed by atoms with E-state index in [-0.39, 0.29) is 6.04 Å². The van der Waals surface area contributed by atoms with Crippen molar-refractivity contribution in [2.75, 3.05) is 20.0 Å². The number of thioether (sulfide) groups is 1. The van der Waals surface area contributed by atoms with Crippen LogP contribution in [-0.2, 0) is 0 Å². The average molecular weight is 225 g/mol. The fourth-order valence-electron chi connectivity index (χ4n) is 1.64. The predicted octanol–water partition coefficient (Wildman–Crippen LogP) is 1.82. The van der Waals surface area contributed by atoms with Gasteiger partial charge in [0, 0.05) is 23.1 Å². The van der Waals surface area contributed by atoms with E-state index >= 15 is 0 Å². The second kappa shape index (κ2) is 4.33. The van der Waals surface area contributed by atoms with Gasteiger partial charge in [0.15, 0.2) is 0 Å². The zero-order valence-corrected chi connectivity index (χ0v) is 9.71. The van der Waals surface area contributed by atoms with Crippen LogP contribution in [0.4, 0.5) is 0 Å². The third-order valence-electron chi connectivity index (χ3n) is 2.56. The lowest BCUT2D eigenvalue weighted by molar-refractivity contribution is 0.393. The number of nitrogens with two attached hydrogens (primary N) is 1. The minimum atomic E-state index is 0.256. The molecule has 2 N–H and O–H groups in total. The molecule has 2 atom stereocenters. The fraction of sp³-hybridized carbons (Fsp3) is 0.455. The maximum absolute atomic E-state index is 5.94. The Hall–Kier alpha value is -0.870. The summed E-state index contributed by atoms with van der Waals surface area (Å²) in [5.41, 5.74) is 7.13. The van der Waals surface area contributed by atoms with E-state index in [4.69, 9.17) is 15.2 Å². The summed E-state index contributed by atoms with van der Waals surface area (Å²) in [4.78, 5) is 0. The van der Waals surface area contributed by atoms with E-state index in [9.17, 15) is 0 Å². The summed E-state index contributed by atoms with van der Waals surface area (Å²) in [6.45, 7) is 0. The summed E-state index contributed by atoms with van der Waals surface area (Å²) < 4.78 is 10.4. The molecule has 0 spiro atoms. The van der Waals surface area contributed by atoms with Gasteiger partial charge in [0.2, 0.25) is 0 Å². The third kappa shape index (κ3) is 2.06. The fourth-order valence-corrected chi connectivity index (χ4v) is 2.58. The molecule has 1 saturated heterocycles. The number of hydrogen-bond acceptors (Lipinski definition) is 4. The monoisotopic (exact) mass is 225 g/mol. The molecule has 2 rings (SSSR count). The predicted molar refractivity (Wildman–Crippen MR) is 62.7 cm³/mol. The van der Waals surface area contributed by atoms with Crippen LogP contribution < -0.4 is 15.2 Å². The van der Waals surface area contributed by atoms with Gasteiger partial charge in [-0.1, -0.05) is 0 Å². The van der Waals surface area contributed by atoms with Crippen molar-refractivity contribution < 1.29 is 9.47 Å². The van der Waals surface area contributed by atoms with Crippen LogP contribution in [0.15, 0.2) is 18.2 Å².